The van der Waals surface area contributed by atoms with Gasteiger partial charge in [-0.1, -0.05) is 12.1 Å². The monoisotopic (exact) mass is 347 g/mol. The molecule has 5 nitrogen and oxygen atoms in total. The van der Waals surface area contributed by atoms with Crippen LogP contribution in [0, 0.1) is 0 Å². The summed E-state index contributed by atoms with van der Waals surface area (Å²) in [5, 5.41) is 6.27. The Bertz CT molecular complexity index is 564. The van der Waals surface area contributed by atoms with Crippen LogP contribution in [0.3, 0.4) is 0 Å². The van der Waals surface area contributed by atoms with Gasteiger partial charge >= 0.3 is 0 Å². The minimum atomic E-state index is 0.0454. The number of hydrogen-bond donors (Lipinski definition) is 2. The largest absolute Gasteiger partial charge is 0.341 e. The third-order valence-electron chi connectivity index (χ3n) is 4.55. The molecule has 2 fully saturated rings. The van der Waals surface area contributed by atoms with Crippen LogP contribution in [0.15, 0.2) is 24.3 Å². The van der Waals surface area contributed by atoms with Crippen LogP contribution in [0.25, 0.3) is 0 Å². The molecule has 6 heteroatoms. The van der Waals surface area contributed by atoms with Gasteiger partial charge in [-0.3, -0.25) is 9.59 Å². The lowest BCUT2D eigenvalue weighted by Crippen LogP contribution is -2.38. The van der Waals surface area contributed by atoms with Crippen molar-refractivity contribution in [3.05, 3.63) is 29.8 Å². The lowest BCUT2D eigenvalue weighted by Gasteiger charge is -2.26. The van der Waals surface area contributed by atoms with Gasteiger partial charge in [0.15, 0.2) is 0 Å². The van der Waals surface area contributed by atoms with Crippen LogP contribution >= 0.6 is 11.8 Å². The molecular formula is C18H25N3O2S. The van der Waals surface area contributed by atoms with Gasteiger partial charge in [-0.15, -0.1) is 0 Å². The van der Waals surface area contributed by atoms with Crippen molar-refractivity contribution >= 4 is 29.3 Å². The predicted octanol–water partition coefficient (Wildman–Crippen LogP) is 1.89. The van der Waals surface area contributed by atoms with E-state index in [1.165, 1.54) is 0 Å². The van der Waals surface area contributed by atoms with Crippen molar-refractivity contribution < 1.29 is 9.59 Å². The summed E-state index contributed by atoms with van der Waals surface area (Å²) in [7, 11) is 0. The number of nitrogens with one attached hydrogen (secondary N) is 2. The Morgan fingerprint density at radius 2 is 1.96 bits per heavy atom. The van der Waals surface area contributed by atoms with Crippen LogP contribution in [-0.2, 0) is 16.0 Å². The summed E-state index contributed by atoms with van der Waals surface area (Å²) in [6.07, 6.45) is 3.18. The maximum atomic E-state index is 12.3. The second kappa shape index (κ2) is 8.53. The van der Waals surface area contributed by atoms with Gasteiger partial charge in [0.05, 0.1) is 6.42 Å². The van der Waals surface area contributed by atoms with Crippen LogP contribution in [0.5, 0.6) is 0 Å². The van der Waals surface area contributed by atoms with E-state index in [9.17, 15) is 9.59 Å². The van der Waals surface area contributed by atoms with Gasteiger partial charge in [-0.05, 0) is 37.1 Å². The Labute approximate surface area is 147 Å². The zero-order valence-electron chi connectivity index (χ0n) is 13.9. The Kier molecular flexibility index (Phi) is 6.15. The van der Waals surface area contributed by atoms with Crippen LogP contribution in [-0.4, -0.2) is 53.9 Å². The molecule has 0 bridgehead atoms. The van der Waals surface area contributed by atoms with Gasteiger partial charge in [0.25, 0.3) is 0 Å². The first-order valence-corrected chi connectivity index (χ1v) is 9.84. The molecule has 2 aliphatic rings. The third-order valence-corrected chi connectivity index (χ3v) is 5.49. The van der Waals surface area contributed by atoms with Gasteiger partial charge in [-0.25, -0.2) is 0 Å². The normalized spacial score (nSPS) is 20.8. The number of thioether (sulfide) groups is 1. The number of rotatable bonds is 5. The van der Waals surface area contributed by atoms with E-state index in [0.717, 1.165) is 55.2 Å². The molecule has 0 aliphatic carbocycles. The van der Waals surface area contributed by atoms with Gasteiger partial charge in [0.1, 0.15) is 0 Å². The van der Waals surface area contributed by atoms with E-state index in [1.807, 2.05) is 40.9 Å². The number of anilines is 1. The SMILES string of the molecule is O=C(CC1CCCN1)Nc1ccc(CC(=O)N2CCSCC2)cc1. The molecule has 0 saturated carbocycles. The highest BCUT2D eigenvalue weighted by Gasteiger charge is 2.18. The van der Waals surface area contributed by atoms with E-state index >= 15 is 0 Å². The topological polar surface area (TPSA) is 61.4 Å². The zero-order chi connectivity index (χ0) is 16.8. The standard InChI is InChI=1S/C18H25N3O2S/c22-17(13-16-2-1-7-19-16)20-15-5-3-14(4-6-15)12-18(23)21-8-10-24-11-9-21/h3-6,16,19H,1-2,7-13H2,(H,20,22). The minimum Gasteiger partial charge on any atom is -0.341 e. The number of hydrogen-bond acceptors (Lipinski definition) is 4. The Morgan fingerprint density at radius 3 is 2.62 bits per heavy atom. The molecular weight excluding hydrogens is 322 g/mol. The Balaban J connectivity index is 1.47. The summed E-state index contributed by atoms with van der Waals surface area (Å²) in [5.41, 5.74) is 1.79. The molecule has 0 spiro atoms. The van der Waals surface area contributed by atoms with E-state index < -0.39 is 0 Å². The summed E-state index contributed by atoms with van der Waals surface area (Å²) in [6, 6.07) is 7.94. The van der Waals surface area contributed by atoms with Gasteiger partial charge in [0.2, 0.25) is 11.8 Å². The average molecular weight is 347 g/mol. The van der Waals surface area contributed by atoms with Crippen molar-refractivity contribution in [3.8, 4) is 0 Å². The van der Waals surface area contributed by atoms with Crippen molar-refractivity contribution in [2.75, 3.05) is 36.5 Å². The molecule has 24 heavy (non-hydrogen) atoms. The highest BCUT2D eigenvalue weighted by Crippen LogP contribution is 2.15. The molecule has 1 aromatic carbocycles. The zero-order valence-corrected chi connectivity index (χ0v) is 14.7. The molecule has 3 rings (SSSR count). The van der Waals surface area contributed by atoms with Crippen LogP contribution in [0.1, 0.15) is 24.8 Å². The summed E-state index contributed by atoms with van der Waals surface area (Å²) < 4.78 is 0. The molecule has 2 saturated heterocycles. The summed E-state index contributed by atoms with van der Waals surface area (Å²) in [4.78, 5) is 26.2. The molecule has 2 aliphatic heterocycles. The summed E-state index contributed by atoms with van der Waals surface area (Å²) in [5.74, 6) is 2.31. The van der Waals surface area contributed by atoms with E-state index in [2.05, 4.69) is 10.6 Å². The highest BCUT2D eigenvalue weighted by molar-refractivity contribution is 7.99. The first kappa shape index (κ1) is 17.3. The van der Waals surface area contributed by atoms with E-state index in [-0.39, 0.29) is 11.8 Å². The molecule has 1 atom stereocenters. The Morgan fingerprint density at radius 1 is 1.21 bits per heavy atom. The summed E-state index contributed by atoms with van der Waals surface area (Å²) >= 11 is 1.90. The molecule has 1 unspecified atom stereocenters. The second-order valence-corrected chi connectivity index (χ2v) is 7.64. The van der Waals surface area contributed by atoms with Gasteiger partial charge < -0.3 is 15.5 Å². The first-order chi connectivity index (χ1) is 11.7. The molecule has 0 radical (unpaired) electrons. The van der Waals surface area contributed by atoms with E-state index in [0.29, 0.717) is 18.9 Å². The number of nitrogens with zero attached hydrogens (tertiary/aromatic N) is 1. The third kappa shape index (κ3) is 4.98. The second-order valence-electron chi connectivity index (χ2n) is 6.41. The number of benzene rings is 1. The highest BCUT2D eigenvalue weighted by atomic mass is 32.2. The van der Waals surface area contributed by atoms with Crippen molar-refractivity contribution in [2.45, 2.75) is 31.7 Å². The molecule has 130 valence electrons. The van der Waals surface area contributed by atoms with Gasteiger partial charge in [-0.2, -0.15) is 11.8 Å². The van der Waals surface area contributed by atoms with Crippen molar-refractivity contribution in [1.82, 2.24) is 10.2 Å². The fraction of sp³-hybridized carbons (Fsp3) is 0.556. The van der Waals surface area contributed by atoms with E-state index in [4.69, 9.17) is 0 Å². The van der Waals surface area contributed by atoms with E-state index in [1.54, 1.807) is 0 Å². The average Bonchev–Trinajstić information content (AvgIpc) is 3.10. The number of amides is 2. The molecule has 0 aromatic heterocycles. The number of carbonyl (C=O) groups excluding carboxylic acids is 2. The van der Waals surface area contributed by atoms with Crippen molar-refractivity contribution in [3.63, 3.8) is 0 Å². The summed E-state index contributed by atoms with van der Waals surface area (Å²) in [6.45, 7) is 2.72. The van der Waals surface area contributed by atoms with Crippen LogP contribution in [0.4, 0.5) is 5.69 Å². The van der Waals surface area contributed by atoms with Crippen molar-refractivity contribution in [2.24, 2.45) is 0 Å². The van der Waals surface area contributed by atoms with Crippen molar-refractivity contribution in [1.29, 1.82) is 0 Å². The smallest absolute Gasteiger partial charge is 0.227 e. The maximum Gasteiger partial charge on any atom is 0.227 e. The molecule has 2 amide bonds. The van der Waals surface area contributed by atoms with Gasteiger partial charge in [0, 0.05) is 42.7 Å². The minimum absolute atomic E-state index is 0.0454. The first-order valence-electron chi connectivity index (χ1n) is 8.68. The number of carbonyl (C=O) groups is 2. The quantitative estimate of drug-likeness (QED) is 0.854. The molecule has 2 heterocycles. The molecule has 1 aromatic rings. The molecule has 2 N–H and O–H groups in total. The van der Waals surface area contributed by atoms with Crippen LogP contribution in [0.2, 0.25) is 0 Å². The lowest BCUT2D eigenvalue weighted by molar-refractivity contribution is -0.130. The maximum absolute atomic E-state index is 12.3. The van der Waals surface area contributed by atoms with Crippen LogP contribution < -0.4 is 10.6 Å². The Hall–Kier alpha value is -1.53. The lowest BCUT2D eigenvalue weighted by atomic mass is 10.1. The fourth-order valence-electron chi connectivity index (χ4n) is 3.17. The predicted molar refractivity (Wildman–Crippen MR) is 98.3 cm³/mol. The fourth-order valence-corrected chi connectivity index (χ4v) is 4.07.